The van der Waals surface area contributed by atoms with Crippen molar-refractivity contribution in [1.82, 2.24) is 10.1 Å². The molecule has 1 heterocycles. The van der Waals surface area contributed by atoms with Crippen LogP contribution in [0.1, 0.15) is 11.5 Å². The predicted molar refractivity (Wildman–Crippen MR) is 89.8 cm³/mol. The quantitative estimate of drug-likeness (QED) is 0.745. The molecule has 3 rings (SSSR count). The minimum atomic E-state index is -0.542. The van der Waals surface area contributed by atoms with Gasteiger partial charge in [-0.15, -0.1) is 0 Å². The lowest BCUT2D eigenvalue weighted by Gasteiger charge is -2.03. The average Bonchev–Trinajstić information content (AvgIpc) is 3.09. The molecule has 1 amide bonds. The fourth-order valence-electron chi connectivity index (χ4n) is 2.02. The van der Waals surface area contributed by atoms with Crippen LogP contribution in [0.3, 0.4) is 0 Å². The summed E-state index contributed by atoms with van der Waals surface area (Å²) in [4.78, 5) is 14.9. The number of hydrogen-bond acceptors (Lipinski definition) is 5. The van der Waals surface area contributed by atoms with Crippen LogP contribution in [0.5, 0.6) is 5.75 Å². The minimum absolute atomic E-state index is 0.181. The van der Waals surface area contributed by atoms with Crippen LogP contribution in [-0.4, -0.2) is 22.7 Å². The monoisotopic (exact) mass is 339 g/mol. The zero-order valence-corrected chi connectivity index (χ0v) is 13.1. The second-order valence-electron chi connectivity index (χ2n) is 5.12. The molecule has 0 saturated carbocycles. The third-order valence-electron chi connectivity index (χ3n) is 3.22. The van der Waals surface area contributed by atoms with Crippen molar-refractivity contribution >= 4 is 18.1 Å². The van der Waals surface area contributed by atoms with E-state index >= 15 is 0 Å². The lowest BCUT2D eigenvalue weighted by Crippen LogP contribution is -2.19. The van der Waals surface area contributed by atoms with Crippen LogP contribution < -0.4 is 10.5 Å². The van der Waals surface area contributed by atoms with Crippen molar-refractivity contribution in [3.63, 3.8) is 0 Å². The number of ether oxygens (including phenoxy) is 1. The Bertz CT molecular complexity index is 887. The summed E-state index contributed by atoms with van der Waals surface area (Å²) >= 11 is 0. The van der Waals surface area contributed by atoms with E-state index < -0.39 is 5.91 Å². The highest BCUT2D eigenvalue weighted by Gasteiger charge is 2.07. The molecule has 2 aromatic carbocycles. The van der Waals surface area contributed by atoms with Gasteiger partial charge in [0.2, 0.25) is 5.82 Å². The Kier molecular flexibility index (Phi) is 4.84. The summed E-state index contributed by atoms with van der Waals surface area (Å²) < 4.78 is 23.2. The van der Waals surface area contributed by atoms with Gasteiger partial charge < -0.3 is 15.0 Å². The van der Waals surface area contributed by atoms with Crippen LogP contribution in [0.15, 0.2) is 53.1 Å². The fourth-order valence-corrected chi connectivity index (χ4v) is 2.02. The van der Waals surface area contributed by atoms with Gasteiger partial charge in [-0.1, -0.05) is 17.3 Å². The van der Waals surface area contributed by atoms with E-state index in [-0.39, 0.29) is 12.4 Å². The number of carbonyl (C=O) groups is 1. The Hall–Kier alpha value is -3.48. The maximum atomic E-state index is 12.9. The molecule has 25 heavy (non-hydrogen) atoms. The van der Waals surface area contributed by atoms with E-state index in [1.165, 1.54) is 12.1 Å². The topological polar surface area (TPSA) is 91.2 Å². The molecule has 0 saturated heterocycles. The summed E-state index contributed by atoms with van der Waals surface area (Å²) in [5, 5.41) is 3.90. The molecule has 0 spiro atoms. The van der Waals surface area contributed by atoms with Gasteiger partial charge in [-0.3, -0.25) is 4.79 Å². The molecule has 2 N–H and O–H groups in total. The van der Waals surface area contributed by atoms with Crippen molar-refractivity contribution in [3.8, 4) is 17.1 Å². The summed E-state index contributed by atoms with van der Waals surface area (Å²) in [5.41, 5.74) is 6.57. The van der Waals surface area contributed by atoms with Gasteiger partial charge in [0.15, 0.2) is 6.61 Å². The van der Waals surface area contributed by atoms with Gasteiger partial charge in [-0.2, -0.15) is 4.98 Å². The first-order chi connectivity index (χ1) is 12.1. The van der Waals surface area contributed by atoms with E-state index in [1.54, 1.807) is 48.6 Å². The van der Waals surface area contributed by atoms with E-state index in [0.717, 1.165) is 11.1 Å². The number of primary amides is 1. The molecule has 0 bridgehead atoms. The third-order valence-corrected chi connectivity index (χ3v) is 3.22. The number of carbonyl (C=O) groups excluding carboxylic acids is 1. The van der Waals surface area contributed by atoms with E-state index in [1.807, 2.05) is 0 Å². The second kappa shape index (κ2) is 7.39. The lowest BCUT2D eigenvalue weighted by atomic mass is 10.2. The number of nitrogens with zero attached hydrogens (tertiary/aromatic N) is 2. The molecule has 0 unspecified atom stereocenters. The van der Waals surface area contributed by atoms with Crippen molar-refractivity contribution in [1.29, 1.82) is 0 Å². The zero-order chi connectivity index (χ0) is 17.6. The van der Waals surface area contributed by atoms with Crippen LogP contribution in [0, 0.1) is 5.82 Å². The highest BCUT2D eigenvalue weighted by molar-refractivity contribution is 5.75. The summed E-state index contributed by atoms with van der Waals surface area (Å²) in [6.07, 6.45) is 3.39. The van der Waals surface area contributed by atoms with E-state index in [4.69, 9.17) is 15.0 Å². The Balaban J connectivity index is 1.68. The maximum absolute atomic E-state index is 12.9. The van der Waals surface area contributed by atoms with E-state index in [0.29, 0.717) is 17.5 Å². The molecule has 3 aromatic rings. The Morgan fingerprint density at radius 2 is 1.84 bits per heavy atom. The van der Waals surface area contributed by atoms with Crippen LogP contribution >= 0.6 is 0 Å². The molecule has 0 fully saturated rings. The van der Waals surface area contributed by atoms with Crippen molar-refractivity contribution in [2.45, 2.75) is 0 Å². The first-order valence-corrected chi connectivity index (χ1v) is 7.39. The second-order valence-corrected chi connectivity index (χ2v) is 5.12. The third kappa shape index (κ3) is 4.51. The molecular weight excluding hydrogens is 325 g/mol. The van der Waals surface area contributed by atoms with Gasteiger partial charge in [0.1, 0.15) is 11.6 Å². The normalized spacial score (nSPS) is 10.9. The summed E-state index contributed by atoms with van der Waals surface area (Å²) in [6.45, 7) is -0.181. The highest BCUT2D eigenvalue weighted by atomic mass is 19.1. The summed E-state index contributed by atoms with van der Waals surface area (Å²) in [6, 6.07) is 12.9. The van der Waals surface area contributed by atoms with Crippen molar-refractivity contribution in [2.75, 3.05) is 6.61 Å². The van der Waals surface area contributed by atoms with Crippen LogP contribution in [-0.2, 0) is 4.79 Å². The lowest BCUT2D eigenvalue weighted by molar-refractivity contribution is -0.119. The molecule has 126 valence electrons. The molecule has 1 aromatic heterocycles. The number of benzene rings is 2. The van der Waals surface area contributed by atoms with Crippen molar-refractivity contribution < 1.29 is 18.4 Å². The van der Waals surface area contributed by atoms with Gasteiger partial charge >= 0.3 is 0 Å². The van der Waals surface area contributed by atoms with E-state index in [9.17, 15) is 9.18 Å². The first kappa shape index (κ1) is 16.4. The Morgan fingerprint density at radius 1 is 1.12 bits per heavy atom. The van der Waals surface area contributed by atoms with Crippen LogP contribution in [0.2, 0.25) is 0 Å². The van der Waals surface area contributed by atoms with Crippen molar-refractivity contribution in [2.24, 2.45) is 5.73 Å². The summed E-state index contributed by atoms with van der Waals surface area (Å²) in [7, 11) is 0. The molecular formula is C18H14FN3O3. The van der Waals surface area contributed by atoms with Crippen molar-refractivity contribution in [3.05, 3.63) is 65.8 Å². The number of rotatable bonds is 6. The average molecular weight is 339 g/mol. The van der Waals surface area contributed by atoms with Gasteiger partial charge in [0.25, 0.3) is 11.8 Å². The largest absolute Gasteiger partial charge is 0.484 e. The predicted octanol–water partition coefficient (Wildman–Crippen LogP) is 2.91. The first-order valence-electron chi connectivity index (χ1n) is 7.39. The molecule has 0 atom stereocenters. The smallest absolute Gasteiger partial charge is 0.255 e. The van der Waals surface area contributed by atoms with Gasteiger partial charge in [0.05, 0.1) is 0 Å². The number of nitrogens with two attached hydrogens (primary N) is 1. The molecule has 0 aliphatic heterocycles. The molecule has 6 nitrogen and oxygen atoms in total. The number of amides is 1. The number of halogens is 1. The van der Waals surface area contributed by atoms with Gasteiger partial charge in [0, 0.05) is 11.6 Å². The maximum Gasteiger partial charge on any atom is 0.255 e. The number of aromatic nitrogens is 2. The summed E-state index contributed by atoms with van der Waals surface area (Å²) in [5.74, 6) is 0.427. The number of hydrogen-bond donors (Lipinski definition) is 1. The van der Waals surface area contributed by atoms with E-state index in [2.05, 4.69) is 10.1 Å². The Labute approximate surface area is 142 Å². The van der Waals surface area contributed by atoms with Crippen LogP contribution in [0.4, 0.5) is 4.39 Å². The van der Waals surface area contributed by atoms with Crippen LogP contribution in [0.25, 0.3) is 23.5 Å². The zero-order valence-electron chi connectivity index (χ0n) is 13.1. The SMILES string of the molecule is NC(=O)COc1ccc(-c2noc(/C=C/c3ccc(F)cc3)n2)cc1. The molecule has 0 aliphatic carbocycles. The Morgan fingerprint density at radius 3 is 2.52 bits per heavy atom. The van der Waals surface area contributed by atoms with Gasteiger partial charge in [-0.05, 0) is 48.0 Å². The molecule has 0 radical (unpaired) electrons. The fraction of sp³-hybridized carbons (Fsp3) is 0.0556. The molecule has 0 aliphatic rings. The minimum Gasteiger partial charge on any atom is -0.484 e. The standard InChI is InChI=1S/C18H14FN3O3/c19-14-6-1-12(2-7-14)3-10-17-21-18(22-25-17)13-4-8-15(9-5-13)24-11-16(20)23/h1-10H,11H2,(H2,20,23)/b10-3+. The highest BCUT2D eigenvalue weighted by Crippen LogP contribution is 2.20. The molecule has 7 heteroatoms. The van der Waals surface area contributed by atoms with Gasteiger partial charge in [-0.25, -0.2) is 4.39 Å².